The largest absolute Gasteiger partial charge is 0.481 e. The Hall–Kier alpha value is -3.48. The fraction of sp³-hybridized carbons (Fsp3) is 0.200. The zero-order valence-corrected chi connectivity index (χ0v) is 14.9. The van der Waals surface area contributed by atoms with E-state index >= 15 is 0 Å². The van der Waals surface area contributed by atoms with Crippen LogP contribution in [0.3, 0.4) is 0 Å². The molecule has 0 aliphatic heterocycles. The Kier molecular flexibility index (Phi) is 6.82. The number of amides is 1. The van der Waals surface area contributed by atoms with Crippen LogP contribution in [0.1, 0.15) is 34.6 Å². The standard InChI is InChI=1S/C20H19NO6/c1-13(23)15-7-5-8-17(10-15)21-20(25)14(2)27-19(24)12-26-18-9-4-3-6-16(18)11-22/h3-11,14H,12H2,1-2H3,(H,21,25)/t14-/m1/s1. The van der Waals surface area contributed by atoms with Crippen molar-refractivity contribution in [2.75, 3.05) is 11.9 Å². The average molecular weight is 369 g/mol. The topological polar surface area (TPSA) is 98.8 Å². The maximum absolute atomic E-state index is 12.1. The fourth-order valence-corrected chi connectivity index (χ4v) is 2.19. The van der Waals surface area contributed by atoms with Crippen LogP contribution < -0.4 is 10.1 Å². The third-order valence-electron chi connectivity index (χ3n) is 3.61. The summed E-state index contributed by atoms with van der Waals surface area (Å²) in [6.45, 7) is 2.40. The lowest BCUT2D eigenvalue weighted by Crippen LogP contribution is -2.31. The summed E-state index contributed by atoms with van der Waals surface area (Å²) in [4.78, 5) is 46.3. The Morgan fingerprint density at radius 1 is 1.11 bits per heavy atom. The summed E-state index contributed by atoms with van der Waals surface area (Å²) in [5.41, 5.74) is 1.19. The van der Waals surface area contributed by atoms with Crippen LogP contribution in [-0.4, -0.2) is 36.7 Å². The quantitative estimate of drug-likeness (QED) is 0.436. The lowest BCUT2D eigenvalue weighted by Gasteiger charge is -2.14. The van der Waals surface area contributed by atoms with Gasteiger partial charge in [-0.2, -0.15) is 0 Å². The summed E-state index contributed by atoms with van der Waals surface area (Å²) >= 11 is 0. The van der Waals surface area contributed by atoms with E-state index in [4.69, 9.17) is 9.47 Å². The number of ether oxygens (including phenoxy) is 2. The molecule has 0 saturated heterocycles. The van der Waals surface area contributed by atoms with Crippen molar-refractivity contribution >= 4 is 29.6 Å². The predicted octanol–water partition coefficient (Wildman–Crippen LogP) is 2.65. The molecule has 140 valence electrons. The summed E-state index contributed by atoms with van der Waals surface area (Å²) in [7, 11) is 0. The molecule has 0 bridgehead atoms. The number of hydrogen-bond acceptors (Lipinski definition) is 6. The number of ketones is 1. The van der Waals surface area contributed by atoms with E-state index in [-0.39, 0.29) is 11.5 Å². The number of carbonyl (C=O) groups is 4. The SMILES string of the molecule is CC(=O)c1cccc(NC(=O)[C@@H](C)OC(=O)COc2ccccc2C=O)c1. The van der Waals surface area contributed by atoms with Crippen molar-refractivity contribution in [2.45, 2.75) is 20.0 Å². The molecule has 27 heavy (non-hydrogen) atoms. The number of anilines is 1. The summed E-state index contributed by atoms with van der Waals surface area (Å²) in [5.74, 6) is -1.17. The number of aldehydes is 1. The molecule has 2 rings (SSSR count). The highest BCUT2D eigenvalue weighted by atomic mass is 16.6. The van der Waals surface area contributed by atoms with E-state index in [9.17, 15) is 19.2 Å². The zero-order chi connectivity index (χ0) is 19.8. The molecule has 2 aromatic carbocycles. The van der Waals surface area contributed by atoms with Crippen molar-refractivity contribution in [3.8, 4) is 5.75 Å². The molecule has 0 fully saturated rings. The molecule has 2 aromatic rings. The van der Waals surface area contributed by atoms with Crippen LogP contribution >= 0.6 is 0 Å². The molecule has 0 spiro atoms. The molecular formula is C20H19NO6. The summed E-state index contributed by atoms with van der Waals surface area (Å²) < 4.78 is 10.3. The lowest BCUT2D eigenvalue weighted by molar-refractivity contribution is -0.155. The number of hydrogen-bond donors (Lipinski definition) is 1. The number of benzene rings is 2. The van der Waals surface area contributed by atoms with Gasteiger partial charge in [0.1, 0.15) is 5.75 Å². The van der Waals surface area contributed by atoms with Gasteiger partial charge in [-0.25, -0.2) is 4.79 Å². The van der Waals surface area contributed by atoms with E-state index in [1.165, 1.54) is 19.9 Å². The van der Waals surface area contributed by atoms with Gasteiger partial charge in [-0.15, -0.1) is 0 Å². The Labute approximate surface area is 156 Å². The minimum atomic E-state index is -1.07. The van der Waals surface area contributed by atoms with E-state index in [2.05, 4.69) is 5.32 Å². The van der Waals surface area contributed by atoms with E-state index < -0.39 is 24.6 Å². The second-order valence-corrected chi connectivity index (χ2v) is 5.70. The third kappa shape index (κ3) is 5.78. The Bertz CT molecular complexity index is 861. The molecule has 0 aliphatic carbocycles. The average Bonchev–Trinajstić information content (AvgIpc) is 2.66. The number of esters is 1. The normalized spacial score (nSPS) is 11.2. The minimum absolute atomic E-state index is 0.127. The first-order chi connectivity index (χ1) is 12.9. The van der Waals surface area contributed by atoms with Crippen molar-refractivity contribution in [1.29, 1.82) is 0 Å². The zero-order valence-electron chi connectivity index (χ0n) is 14.9. The van der Waals surface area contributed by atoms with Gasteiger partial charge in [0, 0.05) is 11.3 Å². The minimum Gasteiger partial charge on any atom is -0.481 e. The molecule has 7 nitrogen and oxygen atoms in total. The number of para-hydroxylation sites is 1. The van der Waals surface area contributed by atoms with Crippen molar-refractivity contribution < 1.29 is 28.7 Å². The van der Waals surface area contributed by atoms with Crippen LogP contribution in [0.5, 0.6) is 5.75 Å². The molecule has 7 heteroatoms. The molecular weight excluding hydrogens is 350 g/mol. The second-order valence-electron chi connectivity index (χ2n) is 5.70. The molecule has 0 aliphatic rings. The molecule has 0 aromatic heterocycles. The van der Waals surface area contributed by atoms with Gasteiger partial charge in [0.15, 0.2) is 24.8 Å². The van der Waals surface area contributed by atoms with Gasteiger partial charge in [-0.05, 0) is 38.1 Å². The number of carbonyl (C=O) groups excluding carboxylic acids is 4. The smallest absolute Gasteiger partial charge is 0.344 e. The predicted molar refractivity (Wildman–Crippen MR) is 98.0 cm³/mol. The highest BCUT2D eigenvalue weighted by molar-refractivity contribution is 5.98. The molecule has 1 atom stereocenters. The van der Waals surface area contributed by atoms with E-state index in [1.807, 2.05) is 0 Å². The van der Waals surface area contributed by atoms with E-state index in [0.717, 1.165) is 0 Å². The first-order valence-electron chi connectivity index (χ1n) is 8.19. The van der Waals surface area contributed by atoms with Gasteiger partial charge in [0.05, 0.1) is 5.56 Å². The van der Waals surface area contributed by atoms with Crippen LogP contribution in [0.2, 0.25) is 0 Å². The lowest BCUT2D eigenvalue weighted by atomic mass is 10.1. The monoisotopic (exact) mass is 369 g/mol. The molecule has 1 amide bonds. The Morgan fingerprint density at radius 3 is 2.56 bits per heavy atom. The Morgan fingerprint density at radius 2 is 1.85 bits per heavy atom. The molecule has 1 N–H and O–H groups in total. The second kappa shape index (κ2) is 9.28. The van der Waals surface area contributed by atoms with Crippen molar-refractivity contribution in [1.82, 2.24) is 0 Å². The van der Waals surface area contributed by atoms with Crippen molar-refractivity contribution in [3.63, 3.8) is 0 Å². The number of rotatable bonds is 8. The first kappa shape index (κ1) is 19.8. The van der Waals surface area contributed by atoms with Gasteiger partial charge in [-0.1, -0.05) is 24.3 Å². The van der Waals surface area contributed by atoms with Crippen molar-refractivity contribution in [2.24, 2.45) is 0 Å². The fourth-order valence-electron chi connectivity index (χ4n) is 2.19. The number of nitrogens with one attached hydrogen (secondary N) is 1. The molecule has 0 heterocycles. The highest BCUT2D eigenvalue weighted by Crippen LogP contribution is 2.16. The Balaban J connectivity index is 1.88. The maximum atomic E-state index is 12.1. The van der Waals surface area contributed by atoms with E-state index in [0.29, 0.717) is 23.1 Å². The maximum Gasteiger partial charge on any atom is 0.344 e. The molecule has 0 radical (unpaired) electrons. The summed E-state index contributed by atoms with van der Waals surface area (Å²) in [6, 6.07) is 12.9. The van der Waals surface area contributed by atoms with Gasteiger partial charge in [-0.3, -0.25) is 14.4 Å². The number of Topliss-reactive ketones (excluding diaryl/α,β-unsaturated/α-hetero) is 1. The van der Waals surface area contributed by atoms with Gasteiger partial charge in [0.25, 0.3) is 5.91 Å². The summed E-state index contributed by atoms with van der Waals surface area (Å²) in [6.07, 6.45) is -0.449. The van der Waals surface area contributed by atoms with Gasteiger partial charge < -0.3 is 14.8 Å². The highest BCUT2D eigenvalue weighted by Gasteiger charge is 2.19. The first-order valence-corrected chi connectivity index (χ1v) is 8.19. The van der Waals surface area contributed by atoms with Crippen LogP contribution in [0, 0.1) is 0 Å². The third-order valence-corrected chi connectivity index (χ3v) is 3.61. The van der Waals surface area contributed by atoms with Crippen LogP contribution in [0.4, 0.5) is 5.69 Å². The van der Waals surface area contributed by atoms with Gasteiger partial charge in [0.2, 0.25) is 0 Å². The van der Waals surface area contributed by atoms with Crippen LogP contribution in [0.15, 0.2) is 48.5 Å². The van der Waals surface area contributed by atoms with Crippen LogP contribution in [-0.2, 0) is 14.3 Å². The van der Waals surface area contributed by atoms with E-state index in [1.54, 1.807) is 42.5 Å². The molecule has 0 saturated carbocycles. The summed E-state index contributed by atoms with van der Waals surface area (Å²) in [5, 5.41) is 2.58. The molecule has 0 unspecified atom stereocenters. The van der Waals surface area contributed by atoms with Crippen LogP contribution in [0.25, 0.3) is 0 Å². The van der Waals surface area contributed by atoms with Gasteiger partial charge >= 0.3 is 5.97 Å². The van der Waals surface area contributed by atoms with Crippen molar-refractivity contribution in [3.05, 3.63) is 59.7 Å².